The maximum absolute atomic E-state index is 11.4. The van der Waals surface area contributed by atoms with Gasteiger partial charge in [-0.25, -0.2) is 9.59 Å². The highest BCUT2D eigenvalue weighted by molar-refractivity contribution is 9.09. The number of alkyl halides is 1. The van der Waals surface area contributed by atoms with Crippen molar-refractivity contribution in [3.63, 3.8) is 0 Å². The van der Waals surface area contributed by atoms with E-state index in [1.54, 1.807) is 6.92 Å². The molecular formula is C8H11BrN2O3. The molecular weight excluding hydrogens is 252 g/mol. The minimum absolute atomic E-state index is 0.214. The summed E-state index contributed by atoms with van der Waals surface area (Å²) in [6, 6.07) is -0.299. The highest BCUT2D eigenvalue weighted by Crippen LogP contribution is 2.09. The van der Waals surface area contributed by atoms with Crippen LogP contribution in [0.3, 0.4) is 0 Å². The molecule has 0 aromatic carbocycles. The second-order valence-electron chi connectivity index (χ2n) is 2.62. The maximum Gasteiger partial charge on any atom is 0.337 e. The molecule has 1 rings (SSSR count). The van der Waals surface area contributed by atoms with Gasteiger partial charge in [0.2, 0.25) is 0 Å². The number of esters is 1. The molecule has 14 heavy (non-hydrogen) atoms. The third kappa shape index (κ3) is 2.47. The van der Waals surface area contributed by atoms with Gasteiger partial charge in [-0.1, -0.05) is 15.9 Å². The fraction of sp³-hybridized carbons (Fsp3) is 0.500. The Bertz CT molecular complexity index is 288. The smallest absolute Gasteiger partial charge is 0.337 e. The van der Waals surface area contributed by atoms with Gasteiger partial charge in [-0.2, -0.15) is 0 Å². The molecule has 0 aliphatic carbocycles. The van der Waals surface area contributed by atoms with Crippen molar-refractivity contribution in [3.05, 3.63) is 11.3 Å². The van der Waals surface area contributed by atoms with Crippen molar-refractivity contribution in [3.8, 4) is 0 Å². The molecule has 5 nitrogen and oxygen atoms in total. The first-order chi connectivity index (χ1) is 6.69. The van der Waals surface area contributed by atoms with Crippen LogP contribution in [0.1, 0.15) is 6.92 Å². The lowest BCUT2D eigenvalue weighted by atomic mass is 10.2. The first-order valence-corrected chi connectivity index (χ1v) is 5.31. The highest BCUT2D eigenvalue weighted by Gasteiger charge is 2.22. The molecule has 1 heterocycles. The Kier molecular flexibility index (Phi) is 3.94. The SMILES string of the molecule is CCOC(=O)C1=C(CBr)NC(=O)NC1. The van der Waals surface area contributed by atoms with E-state index in [2.05, 4.69) is 26.6 Å². The lowest BCUT2D eigenvalue weighted by Gasteiger charge is -2.19. The molecule has 0 fully saturated rings. The van der Waals surface area contributed by atoms with Crippen molar-refractivity contribution in [1.82, 2.24) is 10.6 Å². The minimum Gasteiger partial charge on any atom is -0.463 e. The highest BCUT2D eigenvalue weighted by atomic mass is 79.9. The molecule has 0 bridgehead atoms. The molecule has 0 aromatic rings. The summed E-state index contributed by atoms with van der Waals surface area (Å²) in [6.45, 7) is 2.28. The Morgan fingerprint density at radius 2 is 2.36 bits per heavy atom. The third-order valence-corrected chi connectivity index (χ3v) is 2.27. The molecule has 1 aliphatic rings. The van der Waals surface area contributed by atoms with Gasteiger partial charge in [-0.3, -0.25) is 0 Å². The Morgan fingerprint density at radius 3 is 2.93 bits per heavy atom. The zero-order chi connectivity index (χ0) is 10.6. The van der Waals surface area contributed by atoms with E-state index in [-0.39, 0.29) is 12.6 Å². The van der Waals surface area contributed by atoms with Crippen LogP contribution in [0.15, 0.2) is 11.3 Å². The van der Waals surface area contributed by atoms with E-state index in [0.29, 0.717) is 23.2 Å². The number of urea groups is 1. The van der Waals surface area contributed by atoms with Crippen LogP contribution >= 0.6 is 15.9 Å². The number of hydrogen-bond donors (Lipinski definition) is 2. The number of allylic oxidation sites excluding steroid dienone is 1. The molecule has 2 N–H and O–H groups in total. The quantitative estimate of drug-likeness (QED) is 0.576. The molecule has 0 spiro atoms. The van der Waals surface area contributed by atoms with Gasteiger partial charge in [-0.05, 0) is 6.92 Å². The van der Waals surface area contributed by atoms with E-state index >= 15 is 0 Å². The van der Waals surface area contributed by atoms with Crippen molar-refractivity contribution in [1.29, 1.82) is 0 Å². The number of halogens is 1. The van der Waals surface area contributed by atoms with Gasteiger partial charge in [0.25, 0.3) is 0 Å². The average molecular weight is 263 g/mol. The molecule has 0 atom stereocenters. The number of hydrogen-bond acceptors (Lipinski definition) is 3. The van der Waals surface area contributed by atoms with Crippen LogP contribution in [0.2, 0.25) is 0 Å². The maximum atomic E-state index is 11.4. The van der Waals surface area contributed by atoms with Gasteiger partial charge >= 0.3 is 12.0 Å². The topological polar surface area (TPSA) is 67.4 Å². The van der Waals surface area contributed by atoms with E-state index in [0.717, 1.165) is 0 Å². The van der Waals surface area contributed by atoms with Gasteiger partial charge in [0, 0.05) is 11.0 Å². The molecule has 0 saturated heterocycles. The first kappa shape index (κ1) is 11.0. The van der Waals surface area contributed by atoms with Crippen molar-refractivity contribution < 1.29 is 14.3 Å². The molecule has 2 amide bonds. The lowest BCUT2D eigenvalue weighted by Crippen LogP contribution is -2.44. The first-order valence-electron chi connectivity index (χ1n) is 4.19. The second-order valence-corrected chi connectivity index (χ2v) is 3.18. The number of amides is 2. The van der Waals surface area contributed by atoms with E-state index < -0.39 is 5.97 Å². The van der Waals surface area contributed by atoms with Crippen LogP contribution in [-0.4, -0.2) is 30.5 Å². The monoisotopic (exact) mass is 262 g/mol. The zero-order valence-electron chi connectivity index (χ0n) is 7.72. The molecule has 6 heteroatoms. The molecule has 78 valence electrons. The van der Waals surface area contributed by atoms with Crippen LogP contribution < -0.4 is 10.6 Å². The summed E-state index contributed by atoms with van der Waals surface area (Å²) < 4.78 is 4.84. The second kappa shape index (κ2) is 4.99. The summed E-state index contributed by atoms with van der Waals surface area (Å²) in [5.74, 6) is -0.394. The largest absolute Gasteiger partial charge is 0.463 e. The standard InChI is InChI=1S/C8H11BrN2O3/c1-2-14-7(12)5-4-10-8(13)11-6(5)3-9/h2-4H2,1H3,(H2,10,11,13). The normalized spacial score (nSPS) is 16.0. The van der Waals surface area contributed by atoms with Crippen molar-refractivity contribution in [2.75, 3.05) is 18.5 Å². The molecule has 0 unspecified atom stereocenters. The van der Waals surface area contributed by atoms with Gasteiger partial charge < -0.3 is 15.4 Å². The van der Waals surface area contributed by atoms with Crippen LogP contribution in [-0.2, 0) is 9.53 Å². The molecule has 0 saturated carbocycles. The minimum atomic E-state index is -0.394. The van der Waals surface area contributed by atoms with Gasteiger partial charge in [-0.15, -0.1) is 0 Å². The molecule has 1 aliphatic heterocycles. The number of rotatable bonds is 3. The number of carbonyl (C=O) groups is 2. The predicted molar refractivity (Wildman–Crippen MR) is 54.0 cm³/mol. The van der Waals surface area contributed by atoms with Crippen molar-refractivity contribution in [2.45, 2.75) is 6.92 Å². The van der Waals surface area contributed by atoms with Crippen LogP contribution in [0.4, 0.5) is 4.79 Å². The van der Waals surface area contributed by atoms with E-state index in [9.17, 15) is 9.59 Å². The van der Waals surface area contributed by atoms with E-state index in [1.807, 2.05) is 0 Å². The van der Waals surface area contributed by atoms with Gasteiger partial charge in [0.1, 0.15) is 0 Å². The molecule has 0 aromatic heterocycles. The fourth-order valence-corrected chi connectivity index (χ4v) is 1.54. The van der Waals surface area contributed by atoms with Crippen molar-refractivity contribution >= 4 is 27.9 Å². The lowest BCUT2D eigenvalue weighted by molar-refractivity contribution is -0.138. The number of carbonyl (C=O) groups excluding carboxylic acids is 2. The van der Waals surface area contributed by atoms with Crippen LogP contribution in [0.5, 0.6) is 0 Å². The predicted octanol–water partition coefficient (Wildman–Crippen LogP) is 0.511. The Hall–Kier alpha value is -1.04. The average Bonchev–Trinajstić information content (AvgIpc) is 2.17. The van der Waals surface area contributed by atoms with Gasteiger partial charge in [0.15, 0.2) is 0 Å². The Labute approximate surface area is 90.0 Å². The zero-order valence-corrected chi connectivity index (χ0v) is 9.31. The summed E-state index contributed by atoms with van der Waals surface area (Å²) in [6.07, 6.45) is 0. The summed E-state index contributed by atoms with van der Waals surface area (Å²) in [4.78, 5) is 22.3. The third-order valence-electron chi connectivity index (χ3n) is 1.71. The van der Waals surface area contributed by atoms with E-state index in [4.69, 9.17) is 4.74 Å². The summed E-state index contributed by atoms with van der Waals surface area (Å²) in [7, 11) is 0. The van der Waals surface area contributed by atoms with Crippen LogP contribution in [0, 0.1) is 0 Å². The number of nitrogens with one attached hydrogen (secondary N) is 2. The summed E-state index contributed by atoms with van der Waals surface area (Å²) in [5.41, 5.74) is 1.02. The van der Waals surface area contributed by atoms with Gasteiger partial charge in [0.05, 0.1) is 18.7 Å². The number of ether oxygens (including phenoxy) is 1. The summed E-state index contributed by atoms with van der Waals surface area (Å²) >= 11 is 3.19. The Morgan fingerprint density at radius 1 is 1.64 bits per heavy atom. The van der Waals surface area contributed by atoms with Crippen molar-refractivity contribution in [2.24, 2.45) is 0 Å². The van der Waals surface area contributed by atoms with Crippen LogP contribution in [0.25, 0.3) is 0 Å². The van der Waals surface area contributed by atoms with E-state index in [1.165, 1.54) is 0 Å². The summed E-state index contributed by atoms with van der Waals surface area (Å²) in [5, 5.41) is 5.47. The fourth-order valence-electron chi connectivity index (χ4n) is 1.06. The molecule has 0 radical (unpaired) electrons. The Balaban J connectivity index is 2.81.